The monoisotopic (exact) mass is 417 g/mol. The fourth-order valence-electron chi connectivity index (χ4n) is 3.19. The fourth-order valence-corrected chi connectivity index (χ4v) is 3.43. The smallest absolute Gasteiger partial charge is 0.351 e. The largest absolute Gasteiger partial charge is 0.463 e. The molecule has 1 aliphatic heterocycles. The topological polar surface area (TPSA) is 82.5 Å². The number of esters is 1. The van der Waals surface area contributed by atoms with Crippen LogP contribution in [0.5, 0.6) is 0 Å². The van der Waals surface area contributed by atoms with Crippen molar-refractivity contribution < 1.29 is 18.7 Å². The summed E-state index contributed by atoms with van der Waals surface area (Å²) in [4.78, 5) is 27.9. The molecule has 7 nitrogen and oxygen atoms in total. The molecule has 0 radical (unpaired) electrons. The highest BCUT2D eigenvalue weighted by atomic mass is 35.5. The molecule has 0 saturated carbocycles. The van der Waals surface area contributed by atoms with Crippen LogP contribution in [-0.2, 0) is 14.3 Å². The zero-order valence-corrected chi connectivity index (χ0v) is 17.2. The number of halogens is 2. The minimum absolute atomic E-state index is 0.0511. The van der Waals surface area contributed by atoms with E-state index in [-0.39, 0.29) is 24.9 Å². The second-order valence-corrected chi connectivity index (χ2v) is 7.39. The summed E-state index contributed by atoms with van der Waals surface area (Å²) in [5, 5.41) is 2.75. The molecule has 0 spiro atoms. The molecule has 0 aliphatic carbocycles. The number of carbonyl (C=O) groups is 1. The Kier molecular flexibility index (Phi) is 8.69. The molecule has 2 heterocycles. The van der Waals surface area contributed by atoms with Gasteiger partial charge >= 0.3 is 11.7 Å². The van der Waals surface area contributed by atoms with Gasteiger partial charge in [0.05, 0.1) is 5.88 Å². The van der Waals surface area contributed by atoms with Gasteiger partial charge in [-0.3, -0.25) is 9.36 Å². The van der Waals surface area contributed by atoms with Gasteiger partial charge in [0.1, 0.15) is 24.2 Å². The molecule has 1 aliphatic rings. The third kappa shape index (κ3) is 5.91. The maximum atomic E-state index is 14.6. The van der Waals surface area contributed by atoms with E-state index in [0.717, 1.165) is 36.7 Å². The van der Waals surface area contributed by atoms with Gasteiger partial charge < -0.3 is 14.8 Å². The first-order chi connectivity index (χ1) is 13.4. The van der Waals surface area contributed by atoms with Gasteiger partial charge in [-0.05, 0) is 12.5 Å². The van der Waals surface area contributed by atoms with Crippen molar-refractivity contribution in [1.29, 1.82) is 0 Å². The zero-order chi connectivity index (χ0) is 20.6. The first-order valence-electron chi connectivity index (χ1n) is 9.75. The molecular weight excluding hydrogens is 389 g/mol. The molecular formula is C19H29ClFN3O4. The van der Waals surface area contributed by atoms with Gasteiger partial charge in [0.15, 0.2) is 6.23 Å². The van der Waals surface area contributed by atoms with E-state index in [2.05, 4.69) is 17.2 Å². The molecule has 1 N–H and O–H groups in total. The molecule has 3 atom stereocenters. The molecule has 0 amide bonds. The molecule has 1 aromatic heterocycles. The van der Waals surface area contributed by atoms with E-state index in [4.69, 9.17) is 21.1 Å². The van der Waals surface area contributed by atoms with Gasteiger partial charge in [0.25, 0.3) is 0 Å². The van der Waals surface area contributed by atoms with E-state index in [9.17, 15) is 14.0 Å². The number of hydrogen-bond donors (Lipinski definition) is 1. The Morgan fingerprint density at radius 3 is 2.86 bits per heavy atom. The van der Waals surface area contributed by atoms with Gasteiger partial charge in [-0.2, -0.15) is 4.98 Å². The van der Waals surface area contributed by atoms with Crippen molar-refractivity contribution in [1.82, 2.24) is 9.55 Å². The van der Waals surface area contributed by atoms with Gasteiger partial charge in [0, 0.05) is 26.1 Å². The summed E-state index contributed by atoms with van der Waals surface area (Å²) in [7, 11) is 1.63. The van der Waals surface area contributed by atoms with Crippen LogP contribution in [0.4, 0.5) is 10.2 Å². The van der Waals surface area contributed by atoms with Crippen LogP contribution in [0, 0.1) is 0 Å². The number of nitrogens with zero attached hydrogens (tertiary/aromatic N) is 2. The molecule has 1 saturated heterocycles. The van der Waals surface area contributed by atoms with Crippen LogP contribution in [0.2, 0.25) is 0 Å². The van der Waals surface area contributed by atoms with Crippen molar-refractivity contribution in [2.24, 2.45) is 0 Å². The van der Waals surface area contributed by atoms with Crippen molar-refractivity contribution in [2.45, 2.75) is 69.9 Å². The third-order valence-electron chi connectivity index (χ3n) is 4.83. The summed E-state index contributed by atoms with van der Waals surface area (Å²) in [6, 6.07) is 1.55. The third-order valence-corrected chi connectivity index (χ3v) is 5.32. The van der Waals surface area contributed by atoms with Crippen LogP contribution < -0.4 is 11.0 Å². The first kappa shape index (κ1) is 22.6. The highest BCUT2D eigenvalue weighted by molar-refractivity contribution is 6.18. The number of anilines is 1. The number of unbranched alkanes of at least 4 members (excludes halogenated alkanes) is 4. The Labute approximate surface area is 169 Å². The lowest BCUT2D eigenvalue weighted by atomic mass is 10.0. The lowest BCUT2D eigenvalue weighted by molar-refractivity contribution is -0.156. The number of alkyl halides is 2. The van der Waals surface area contributed by atoms with E-state index in [1.54, 1.807) is 13.1 Å². The van der Waals surface area contributed by atoms with Crippen LogP contribution in [-0.4, -0.2) is 46.8 Å². The number of aromatic nitrogens is 2. The Hall–Kier alpha value is -1.67. The molecule has 0 aromatic carbocycles. The summed E-state index contributed by atoms with van der Waals surface area (Å²) < 4.78 is 26.8. The summed E-state index contributed by atoms with van der Waals surface area (Å²) in [5.41, 5.74) is -1.79. The van der Waals surface area contributed by atoms with Crippen molar-refractivity contribution in [2.75, 3.05) is 24.9 Å². The molecule has 28 heavy (non-hydrogen) atoms. The highest BCUT2D eigenvalue weighted by Crippen LogP contribution is 2.39. The lowest BCUT2D eigenvalue weighted by Crippen LogP contribution is -2.38. The van der Waals surface area contributed by atoms with Crippen LogP contribution in [0.1, 0.15) is 58.1 Å². The van der Waals surface area contributed by atoms with E-state index < -0.39 is 23.7 Å². The van der Waals surface area contributed by atoms with Crippen molar-refractivity contribution in [3.63, 3.8) is 0 Å². The predicted molar refractivity (Wildman–Crippen MR) is 105 cm³/mol. The molecule has 9 heteroatoms. The normalized spacial score (nSPS) is 24.3. The fraction of sp³-hybridized carbons (Fsp3) is 0.737. The number of nitrogens with one attached hydrogen (secondary N) is 1. The van der Waals surface area contributed by atoms with E-state index in [0.29, 0.717) is 12.2 Å². The molecule has 0 bridgehead atoms. The van der Waals surface area contributed by atoms with Crippen LogP contribution in [0.25, 0.3) is 0 Å². The van der Waals surface area contributed by atoms with E-state index >= 15 is 0 Å². The maximum Gasteiger partial charge on any atom is 0.351 e. The summed E-state index contributed by atoms with van der Waals surface area (Å²) in [6.45, 7) is 1.99. The standard InChI is InChI=1S/C19H29ClFN3O4/c1-3-4-5-6-7-8-16(25)27-13-19(12-20)11-14(21)17(28-19)24-10-9-15(22-2)23-18(24)26/h9-10,14,17H,3-8,11-13H2,1-2H3,(H,22,23,26)/t14-,17-,19-/m1/s1. The quantitative estimate of drug-likeness (QED) is 0.337. The highest BCUT2D eigenvalue weighted by Gasteiger charge is 2.48. The average molecular weight is 418 g/mol. The van der Waals surface area contributed by atoms with Gasteiger partial charge in [-0.25, -0.2) is 9.18 Å². The molecule has 1 fully saturated rings. The Bertz CT molecular complexity index is 702. The Morgan fingerprint density at radius 1 is 1.46 bits per heavy atom. The first-order valence-corrected chi connectivity index (χ1v) is 10.3. The molecule has 2 rings (SSSR count). The Balaban J connectivity index is 1.93. The van der Waals surface area contributed by atoms with Crippen molar-refractivity contribution >= 4 is 23.4 Å². The SMILES string of the molecule is CCCCCCCC(=O)OC[C@]1(CCl)C[C@@H](F)[C@H](n2ccc(NC)nc2=O)O1. The minimum Gasteiger partial charge on any atom is -0.463 e. The van der Waals surface area contributed by atoms with Gasteiger partial charge in [0.2, 0.25) is 0 Å². The maximum absolute atomic E-state index is 14.6. The molecule has 0 unspecified atom stereocenters. The second kappa shape index (κ2) is 10.8. The van der Waals surface area contributed by atoms with Crippen molar-refractivity contribution in [3.05, 3.63) is 22.7 Å². The second-order valence-electron chi connectivity index (χ2n) is 7.12. The summed E-state index contributed by atoms with van der Waals surface area (Å²) in [5.74, 6) is -0.0171. The van der Waals surface area contributed by atoms with E-state index in [1.165, 1.54) is 6.20 Å². The molecule has 158 valence electrons. The van der Waals surface area contributed by atoms with Gasteiger partial charge in [-0.15, -0.1) is 11.6 Å². The number of rotatable bonds is 11. The minimum atomic E-state index is -1.47. The summed E-state index contributed by atoms with van der Waals surface area (Å²) >= 11 is 6.02. The van der Waals surface area contributed by atoms with Crippen molar-refractivity contribution in [3.8, 4) is 0 Å². The number of carbonyl (C=O) groups excluding carboxylic acids is 1. The predicted octanol–water partition coefficient (Wildman–Crippen LogP) is 3.42. The van der Waals surface area contributed by atoms with Crippen LogP contribution in [0.3, 0.4) is 0 Å². The molecule has 1 aromatic rings. The van der Waals surface area contributed by atoms with Gasteiger partial charge in [-0.1, -0.05) is 32.6 Å². The summed E-state index contributed by atoms with van der Waals surface area (Å²) in [6.07, 6.45) is 4.19. The zero-order valence-electron chi connectivity index (χ0n) is 16.5. The van der Waals surface area contributed by atoms with Crippen LogP contribution in [0.15, 0.2) is 17.1 Å². The lowest BCUT2D eigenvalue weighted by Gasteiger charge is -2.26. The van der Waals surface area contributed by atoms with E-state index in [1.807, 2.05) is 0 Å². The average Bonchev–Trinajstić information content (AvgIpc) is 3.03. The van der Waals surface area contributed by atoms with Crippen LogP contribution >= 0.6 is 11.6 Å². The number of hydrogen-bond acceptors (Lipinski definition) is 6. The Morgan fingerprint density at radius 2 is 2.21 bits per heavy atom. The number of ether oxygens (including phenoxy) is 2.